The molecule has 0 aliphatic carbocycles. The molecule has 1 amide bonds. The molecule has 1 aliphatic heterocycles. The smallest absolute Gasteiger partial charge is 0.224 e. The number of likely N-dealkylation sites (tertiary alicyclic amines) is 1. The highest BCUT2D eigenvalue weighted by Crippen LogP contribution is 2.33. The maximum Gasteiger partial charge on any atom is 0.224 e. The molecule has 0 radical (unpaired) electrons. The molecule has 4 rings (SSSR count). The lowest BCUT2D eigenvalue weighted by molar-refractivity contribution is -0.132. The van der Waals surface area contributed by atoms with Crippen LogP contribution in [-0.4, -0.2) is 28.4 Å². The molecule has 5 nitrogen and oxygen atoms in total. The van der Waals surface area contributed by atoms with Crippen molar-refractivity contribution in [1.82, 2.24) is 9.88 Å². The Morgan fingerprint density at radius 1 is 1.21 bits per heavy atom. The molecule has 2 atom stereocenters. The van der Waals surface area contributed by atoms with Crippen LogP contribution in [0.1, 0.15) is 36.8 Å². The van der Waals surface area contributed by atoms with E-state index in [-0.39, 0.29) is 24.2 Å². The predicted octanol–water partition coefficient (Wildman–Crippen LogP) is 4.10. The maximum absolute atomic E-state index is 13.8. The van der Waals surface area contributed by atoms with Crippen molar-refractivity contribution in [2.75, 3.05) is 6.54 Å². The summed E-state index contributed by atoms with van der Waals surface area (Å²) in [5, 5.41) is 0. The lowest BCUT2D eigenvalue weighted by atomic mass is 10.0. The Morgan fingerprint density at radius 2 is 1.97 bits per heavy atom. The van der Waals surface area contributed by atoms with E-state index in [4.69, 9.17) is 10.2 Å². The molecular weight excluding hydrogens is 369 g/mol. The summed E-state index contributed by atoms with van der Waals surface area (Å²) in [6, 6.07) is 15.7. The van der Waals surface area contributed by atoms with Gasteiger partial charge in [-0.1, -0.05) is 48.5 Å². The molecule has 29 heavy (non-hydrogen) atoms. The summed E-state index contributed by atoms with van der Waals surface area (Å²) in [6.45, 7) is 0.652. The van der Waals surface area contributed by atoms with Crippen molar-refractivity contribution >= 4 is 5.91 Å². The minimum absolute atomic E-state index is 0.0456. The third-order valence-corrected chi connectivity index (χ3v) is 5.33. The topological polar surface area (TPSA) is 72.4 Å². The first-order chi connectivity index (χ1) is 14.1. The monoisotopic (exact) mass is 393 g/mol. The molecule has 1 unspecified atom stereocenters. The summed E-state index contributed by atoms with van der Waals surface area (Å²) in [6.07, 6.45) is 3.83. The SMILES string of the molecule is NC(CC(=O)N1CCC[C@H]1c1nc(-c2ccccc2)co1)Cc1ccccc1F. The number of amides is 1. The van der Waals surface area contributed by atoms with Gasteiger partial charge in [0.1, 0.15) is 23.8 Å². The van der Waals surface area contributed by atoms with Crippen LogP contribution >= 0.6 is 0 Å². The number of nitrogens with two attached hydrogens (primary N) is 1. The van der Waals surface area contributed by atoms with Crippen molar-refractivity contribution in [1.29, 1.82) is 0 Å². The number of carbonyl (C=O) groups excluding carboxylic acids is 1. The molecule has 2 heterocycles. The van der Waals surface area contributed by atoms with Gasteiger partial charge in [-0.25, -0.2) is 9.37 Å². The van der Waals surface area contributed by atoms with Gasteiger partial charge in [0.15, 0.2) is 0 Å². The van der Waals surface area contributed by atoms with Crippen LogP contribution in [0.5, 0.6) is 0 Å². The Balaban J connectivity index is 1.42. The average Bonchev–Trinajstić information content (AvgIpc) is 3.40. The van der Waals surface area contributed by atoms with Gasteiger partial charge < -0.3 is 15.1 Å². The van der Waals surface area contributed by atoms with Crippen LogP contribution in [0.15, 0.2) is 65.3 Å². The first-order valence-corrected chi connectivity index (χ1v) is 9.91. The minimum atomic E-state index is -0.440. The number of carbonyl (C=O) groups is 1. The van der Waals surface area contributed by atoms with Crippen LogP contribution in [0.2, 0.25) is 0 Å². The molecule has 3 aromatic rings. The maximum atomic E-state index is 13.8. The van der Waals surface area contributed by atoms with Gasteiger partial charge in [-0.05, 0) is 30.9 Å². The number of halogens is 1. The number of hydrogen-bond donors (Lipinski definition) is 1. The van der Waals surface area contributed by atoms with Gasteiger partial charge in [0.25, 0.3) is 0 Å². The van der Waals surface area contributed by atoms with Crippen molar-refractivity contribution in [3.63, 3.8) is 0 Å². The number of aromatic nitrogens is 1. The van der Waals surface area contributed by atoms with Crippen molar-refractivity contribution in [3.8, 4) is 11.3 Å². The molecule has 1 saturated heterocycles. The Hall–Kier alpha value is -2.99. The van der Waals surface area contributed by atoms with Crippen LogP contribution in [-0.2, 0) is 11.2 Å². The Labute approximate surface area is 169 Å². The van der Waals surface area contributed by atoms with Crippen LogP contribution in [0.4, 0.5) is 4.39 Å². The molecule has 1 aliphatic rings. The summed E-state index contributed by atoms with van der Waals surface area (Å²) in [5.74, 6) is 0.218. The second-order valence-corrected chi connectivity index (χ2v) is 7.44. The second-order valence-electron chi connectivity index (χ2n) is 7.44. The van der Waals surface area contributed by atoms with Gasteiger partial charge in [0, 0.05) is 24.6 Å². The zero-order valence-electron chi connectivity index (χ0n) is 16.1. The predicted molar refractivity (Wildman–Crippen MR) is 108 cm³/mol. The fraction of sp³-hybridized carbons (Fsp3) is 0.304. The molecule has 1 fully saturated rings. The van der Waals surface area contributed by atoms with Gasteiger partial charge >= 0.3 is 0 Å². The van der Waals surface area contributed by atoms with Gasteiger partial charge in [0.05, 0.1) is 0 Å². The van der Waals surface area contributed by atoms with E-state index in [1.807, 2.05) is 30.3 Å². The van der Waals surface area contributed by atoms with Crippen molar-refractivity contribution in [3.05, 3.63) is 78.1 Å². The van der Waals surface area contributed by atoms with E-state index in [1.54, 1.807) is 29.4 Å². The summed E-state index contributed by atoms with van der Waals surface area (Å²) >= 11 is 0. The summed E-state index contributed by atoms with van der Waals surface area (Å²) in [7, 11) is 0. The Bertz CT molecular complexity index is 973. The average molecular weight is 393 g/mol. The molecular formula is C23H24FN3O2. The fourth-order valence-corrected chi connectivity index (χ4v) is 3.86. The third kappa shape index (κ3) is 4.38. The molecule has 1 aromatic heterocycles. The van der Waals surface area contributed by atoms with E-state index in [2.05, 4.69) is 4.98 Å². The zero-order chi connectivity index (χ0) is 20.2. The van der Waals surface area contributed by atoms with Crippen molar-refractivity contribution in [2.24, 2.45) is 5.73 Å². The highest BCUT2D eigenvalue weighted by molar-refractivity contribution is 5.77. The largest absolute Gasteiger partial charge is 0.446 e. The first kappa shape index (κ1) is 19.3. The van der Waals surface area contributed by atoms with Crippen LogP contribution in [0.3, 0.4) is 0 Å². The summed E-state index contributed by atoms with van der Waals surface area (Å²) < 4.78 is 19.6. The van der Waals surface area contributed by atoms with Gasteiger partial charge in [-0.3, -0.25) is 4.79 Å². The Morgan fingerprint density at radius 3 is 2.76 bits per heavy atom. The second kappa shape index (κ2) is 8.57. The standard InChI is InChI=1S/C23H24FN3O2/c24-19-10-5-4-9-17(19)13-18(25)14-22(28)27-12-6-11-21(27)23-26-20(15-29-23)16-7-2-1-3-8-16/h1-5,7-10,15,18,21H,6,11-14,25H2/t18?,21-/m0/s1. The minimum Gasteiger partial charge on any atom is -0.446 e. The van der Waals surface area contributed by atoms with Gasteiger partial charge in [-0.2, -0.15) is 0 Å². The molecule has 0 spiro atoms. The lowest BCUT2D eigenvalue weighted by Gasteiger charge is -2.24. The number of nitrogens with zero attached hydrogens (tertiary/aromatic N) is 2. The molecule has 150 valence electrons. The number of hydrogen-bond acceptors (Lipinski definition) is 4. The lowest BCUT2D eigenvalue weighted by Crippen LogP contribution is -2.36. The molecule has 0 bridgehead atoms. The third-order valence-electron chi connectivity index (χ3n) is 5.33. The van der Waals surface area contributed by atoms with Crippen molar-refractivity contribution in [2.45, 2.75) is 37.8 Å². The van der Waals surface area contributed by atoms with Crippen LogP contribution in [0.25, 0.3) is 11.3 Å². The van der Waals surface area contributed by atoms with E-state index in [9.17, 15) is 9.18 Å². The van der Waals surface area contributed by atoms with Gasteiger partial charge in [0.2, 0.25) is 11.8 Å². The first-order valence-electron chi connectivity index (χ1n) is 9.91. The summed E-state index contributed by atoms with van der Waals surface area (Å²) in [4.78, 5) is 19.3. The van der Waals surface area contributed by atoms with E-state index in [1.165, 1.54) is 6.07 Å². The van der Waals surface area contributed by atoms with E-state index in [0.29, 0.717) is 24.4 Å². The normalized spacial score (nSPS) is 17.4. The van der Waals surface area contributed by atoms with E-state index in [0.717, 1.165) is 24.1 Å². The molecule has 0 saturated carbocycles. The quantitative estimate of drug-likeness (QED) is 0.684. The highest BCUT2D eigenvalue weighted by atomic mass is 19.1. The van der Waals surface area contributed by atoms with E-state index < -0.39 is 6.04 Å². The zero-order valence-corrected chi connectivity index (χ0v) is 16.1. The van der Waals surface area contributed by atoms with Crippen LogP contribution in [0, 0.1) is 5.82 Å². The molecule has 6 heteroatoms. The Kier molecular flexibility index (Phi) is 5.71. The van der Waals surface area contributed by atoms with Gasteiger partial charge in [-0.15, -0.1) is 0 Å². The fourth-order valence-electron chi connectivity index (χ4n) is 3.86. The molecule has 2 N–H and O–H groups in total. The van der Waals surface area contributed by atoms with Crippen molar-refractivity contribution < 1.29 is 13.6 Å². The van der Waals surface area contributed by atoms with Crippen LogP contribution < -0.4 is 5.73 Å². The highest BCUT2D eigenvalue weighted by Gasteiger charge is 2.33. The summed E-state index contributed by atoms with van der Waals surface area (Å²) in [5.41, 5.74) is 8.42. The molecule has 2 aromatic carbocycles. The number of oxazole rings is 1. The number of benzene rings is 2. The number of rotatable bonds is 6. The van der Waals surface area contributed by atoms with E-state index >= 15 is 0 Å².